The molecule has 5 nitrogen and oxygen atoms in total. The van der Waals surface area contributed by atoms with Crippen molar-refractivity contribution in [3.63, 3.8) is 0 Å². The van der Waals surface area contributed by atoms with E-state index in [-0.39, 0.29) is 5.91 Å². The summed E-state index contributed by atoms with van der Waals surface area (Å²) in [7, 11) is 0. The van der Waals surface area contributed by atoms with Gasteiger partial charge in [-0.25, -0.2) is 9.97 Å². The molecule has 2 N–H and O–H groups in total. The van der Waals surface area contributed by atoms with E-state index in [4.69, 9.17) is 0 Å². The van der Waals surface area contributed by atoms with Gasteiger partial charge in [-0.05, 0) is 45.1 Å². The van der Waals surface area contributed by atoms with Crippen LogP contribution in [-0.4, -0.2) is 35.5 Å². The van der Waals surface area contributed by atoms with Crippen LogP contribution in [0, 0.1) is 12.8 Å². The zero-order valence-electron chi connectivity index (χ0n) is 12.0. The first-order valence-electron chi connectivity index (χ1n) is 7.56. The van der Waals surface area contributed by atoms with E-state index in [1.807, 2.05) is 6.92 Å². The van der Waals surface area contributed by atoms with E-state index >= 15 is 0 Å². The van der Waals surface area contributed by atoms with Gasteiger partial charge in [-0.2, -0.15) is 0 Å². The highest BCUT2D eigenvalue weighted by Gasteiger charge is 2.23. The summed E-state index contributed by atoms with van der Waals surface area (Å²) in [5.74, 6) is 1.90. The van der Waals surface area contributed by atoms with E-state index in [1.165, 1.54) is 12.8 Å². The van der Waals surface area contributed by atoms with Crippen molar-refractivity contribution in [2.75, 3.05) is 19.6 Å². The third-order valence-corrected chi connectivity index (χ3v) is 4.15. The van der Waals surface area contributed by atoms with E-state index in [0.29, 0.717) is 17.4 Å². The van der Waals surface area contributed by atoms with Crippen LogP contribution in [0.15, 0.2) is 6.20 Å². The fourth-order valence-corrected chi connectivity index (χ4v) is 2.63. The molecule has 1 aliphatic carbocycles. The largest absolute Gasteiger partial charge is 0.352 e. The molecule has 0 radical (unpaired) electrons. The molecule has 2 heterocycles. The number of nitrogens with one attached hydrogen (secondary N) is 2. The Balaban J connectivity index is 1.67. The predicted molar refractivity (Wildman–Crippen MR) is 76.7 cm³/mol. The molecule has 1 aliphatic heterocycles. The van der Waals surface area contributed by atoms with Gasteiger partial charge in [-0.1, -0.05) is 0 Å². The number of carbonyl (C=O) groups excluding carboxylic acids is 1. The molecule has 3 rings (SSSR count). The minimum atomic E-state index is -0.0391. The lowest BCUT2D eigenvalue weighted by Crippen LogP contribution is -2.30. The van der Waals surface area contributed by atoms with Gasteiger partial charge in [0.05, 0.1) is 11.3 Å². The van der Waals surface area contributed by atoms with Crippen molar-refractivity contribution in [3.05, 3.63) is 23.3 Å². The van der Waals surface area contributed by atoms with Crippen LogP contribution in [0.1, 0.15) is 53.5 Å². The molecule has 1 saturated heterocycles. The Morgan fingerprint density at radius 3 is 2.95 bits per heavy atom. The molecule has 5 heteroatoms. The molecule has 1 atom stereocenters. The van der Waals surface area contributed by atoms with Gasteiger partial charge in [0.25, 0.3) is 5.91 Å². The van der Waals surface area contributed by atoms with Gasteiger partial charge < -0.3 is 10.6 Å². The molecule has 0 spiro atoms. The molecule has 2 aliphatic rings. The molecular formula is C15H22N4O. The maximum absolute atomic E-state index is 12.1. The molecule has 108 valence electrons. The molecule has 0 aromatic carbocycles. The van der Waals surface area contributed by atoms with Gasteiger partial charge in [-0.3, -0.25) is 4.79 Å². The van der Waals surface area contributed by atoms with Crippen molar-refractivity contribution in [2.45, 2.75) is 38.5 Å². The SMILES string of the molecule is Cc1nc([C@H]2CCCNC2)ncc1C(=O)NCC1CC1. The van der Waals surface area contributed by atoms with Crippen LogP contribution >= 0.6 is 0 Å². The van der Waals surface area contributed by atoms with Crippen LogP contribution in [0.5, 0.6) is 0 Å². The molecule has 1 aromatic rings. The fraction of sp³-hybridized carbons (Fsp3) is 0.667. The number of nitrogens with zero attached hydrogens (tertiary/aromatic N) is 2. The van der Waals surface area contributed by atoms with Crippen LogP contribution in [-0.2, 0) is 0 Å². The summed E-state index contributed by atoms with van der Waals surface area (Å²) in [6.45, 7) is 4.70. The summed E-state index contributed by atoms with van der Waals surface area (Å²) >= 11 is 0. The van der Waals surface area contributed by atoms with Crippen molar-refractivity contribution >= 4 is 5.91 Å². The second kappa shape index (κ2) is 5.87. The molecule has 1 aromatic heterocycles. The number of rotatable bonds is 4. The van der Waals surface area contributed by atoms with Gasteiger partial charge in [0.15, 0.2) is 0 Å². The van der Waals surface area contributed by atoms with Crippen molar-refractivity contribution in [3.8, 4) is 0 Å². The Kier molecular flexibility index (Phi) is 3.96. The number of amides is 1. The number of aromatic nitrogens is 2. The van der Waals surface area contributed by atoms with E-state index in [0.717, 1.165) is 44.0 Å². The third-order valence-electron chi connectivity index (χ3n) is 4.15. The van der Waals surface area contributed by atoms with Crippen LogP contribution in [0.25, 0.3) is 0 Å². The zero-order chi connectivity index (χ0) is 13.9. The second-order valence-electron chi connectivity index (χ2n) is 5.92. The Morgan fingerprint density at radius 2 is 2.30 bits per heavy atom. The van der Waals surface area contributed by atoms with E-state index in [1.54, 1.807) is 6.20 Å². The maximum Gasteiger partial charge on any atom is 0.254 e. The number of hydrogen-bond acceptors (Lipinski definition) is 4. The number of aryl methyl sites for hydroxylation is 1. The standard InChI is InChI=1S/C15H22N4O/c1-10-13(15(20)18-7-11-4-5-11)9-17-14(19-10)12-3-2-6-16-8-12/h9,11-12,16H,2-8H2,1H3,(H,18,20)/t12-/m0/s1. The predicted octanol–water partition coefficient (Wildman–Crippen LogP) is 1.39. The van der Waals surface area contributed by atoms with Gasteiger partial charge in [0.2, 0.25) is 0 Å². The van der Waals surface area contributed by atoms with Gasteiger partial charge >= 0.3 is 0 Å². The van der Waals surface area contributed by atoms with Crippen LogP contribution in [0.2, 0.25) is 0 Å². The minimum absolute atomic E-state index is 0.0391. The van der Waals surface area contributed by atoms with Gasteiger partial charge in [0, 0.05) is 25.2 Å². The Bertz CT molecular complexity index is 493. The number of carbonyl (C=O) groups is 1. The first-order valence-corrected chi connectivity index (χ1v) is 7.56. The quantitative estimate of drug-likeness (QED) is 0.871. The summed E-state index contributed by atoms with van der Waals surface area (Å²) in [6.07, 6.45) is 6.46. The summed E-state index contributed by atoms with van der Waals surface area (Å²) in [5, 5.41) is 6.34. The van der Waals surface area contributed by atoms with E-state index in [9.17, 15) is 4.79 Å². The van der Waals surface area contributed by atoms with E-state index < -0.39 is 0 Å². The smallest absolute Gasteiger partial charge is 0.254 e. The molecule has 20 heavy (non-hydrogen) atoms. The van der Waals surface area contributed by atoms with E-state index in [2.05, 4.69) is 20.6 Å². The fourth-order valence-electron chi connectivity index (χ4n) is 2.63. The second-order valence-corrected chi connectivity index (χ2v) is 5.92. The molecule has 1 saturated carbocycles. The van der Waals surface area contributed by atoms with Crippen molar-refractivity contribution in [1.29, 1.82) is 0 Å². The molecule has 0 unspecified atom stereocenters. The maximum atomic E-state index is 12.1. The van der Waals surface area contributed by atoms with Gasteiger partial charge in [-0.15, -0.1) is 0 Å². The third kappa shape index (κ3) is 3.15. The van der Waals surface area contributed by atoms with Crippen LogP contribution < -0.4 is 10.6 Å². The highest BCUT2D eigenvalue weighted by atomic mass is 16.1. The number of piperidine rings is 1. The summed E-state index contributed by atoms with van der Waals surface area (Å²) in [6, 6.07) is 0. The normalized spacial score (nSPS) is 22.6. The highest BCUT2D eigenvalue weighted by molar-refractivity contribution is 5.94. The lowest BCUT2D eigenvalue weighted by molar-refractivity contribution is 0.0950. The first-order chi connectivity index (χ1) is 9.74. The Labute approximate surface area is 119 Å². The molecule has 2 fully saturated rings. The Morgan fingerprint density at radius 1 is 1.45 bits per heavy atom. The zero-order valence-corrected chi connectivity index (χ0v) is 12.0. The monoisotopic (exact) mass is 274 g/mol. The summed E-state index contributed by atoms with van der Waals surface area (Å²) < 4.78 is 0. The first kappa shape index (κ1) is 13.5. The minimum Gasteiger partial charge on any atom is -0.352 e. The summed E-state index contributed by atoms with van der Waals surface area (Å²) in [4.78, 5) is 21.0. The van der Waals surface area contributed by atoms with Crippen molar-refractivity contribution in [1.82, 2.24) is 20.6 Å². The number of hydrogen-bond donors (Lipinski definition) is 2. The van der Waals surface area contributed by atoms with Crippen LogP contribution in [0.3, 0.4) is 0 Å². The average Bonchev–Trinajstić information content (AvgIpc) is 3.30. The van der Waals surface area contributed by atoms with Crippen LogP contribution in [0.4, 0.5) is 0 Å². The van der Waals surface area contributed by atoms with Gasteiger partial charge in [0.1, 0.15) is 5.82 Å². The molecular weight excluding hydrogens is 252 g/mol. The molecule has 0 bridgehead atoms. The Hall–Kier alpha value is -1.49. The topological polar surface area (TPSA) is 66.9 Å². The lowest BCUT2D eigenvalue weighted by Gasteiger charge is -2.21. The lowest BCUT2D eigenvalue weighted by atomic mass is 9.98. The summed E-state index contributed by atoms with van der Waals surface area (Å²) in [5.41, 5.74) is 1.40. The average molecular weight is 274 g/mol. The highest BCUT2D eigenvalue weighted by Crippen LogP contribution is 2.27. The molecule has 1 amide bonds. The van der Waals surface area contributed by atoms with Crippen molar-refractivity contribution < 1.29 is 4.79 Å². The van der Waals surface area contributed by atoms with Crippen molar-refractivity contribution in [2.24, 2.45) is 5.92 Å².